The number of hydrogen-bond donors (Lipinski definition) is 0. The van der Waals surface area contributed by atoms with E-state index in [1.54, 1.807) is 6.07 Å². The first kappa shape index (κ1) is 12.0. The van der Waals surface area contributed by atoms with Crippen LogP contribution in [0, 0.1) is 11.3 Å². The van der Waals surface area contributed by atoms with Crippen molar-refractivity contribution in [1.82, 2.24) is 9.29 Å². The molecule has 17 heavy (non-hydrogen) atoms. The molecule has 0 atom stereocenters. The summed E-state index contributed by atoms with van der Waals surface area (Å²) in [4.78, 5) is 4.02. The molecule has 1 saturated carbocycles. The quantitative estimate of drug-likeness (QED) is 0.786. The molecule has 0 saturated heterocycles. The average Bonchev–Trinajstić information content (AvgIpc) is 3.15. The van der Waals surface area contributed by atoms with Gasteiger partial charge in [-0.2, -0.15) is 9.57 Å². The van der Waals surface area contributed by atoms with Gasteiger partial charge in [0, 0.05) is 31.4 Å². The van der Waals surface area contributed by atoms with Crippen LogP contribution in [0.5, 0.6) is 0 Å². The Labute approximate surface area is 101 Å². The van der Waals surface area contributed by atoms with Gasteiger partial charge in [0.05, 0.1) is 6.07 Å². The molecule has 1 heterocycles. The van der Waals surface area contributed by atoms with Gasteiger partial charge in [-0.3, -0.25) is 4.98 Å². The van der Waals surface area contributed by atoms with Crippen molar-refractivity contribution in [2.45, 2.75) is 30.2 Å². The molecule has 5 nitrogen and oxygen atoms in total. The van der Waals surface area contributed by atoms with Crippen LogP contribution in [0.2, 0.25) is 0 Å². The van der Waals surface area contributed by atoms with Crippen molar-refractivity contribution < 1.29 is 8.42 Å². The first-order chi connectivity index (χ1) is 8.16. The highest BCUT2D eigenvalue weighted by atomic mass is 32.2. The van der Waals surface area contributed by atoms with Gasteiger partial charge in [-0.15, -0.1) is 0 Å². The summed E-state index contributed by atoms with van der Waals surface area (Å²) < 4.78 is 26.0. The number of nitrogens with zero attached hydrogens (tertiary/aromatic N) is 3. The monoisotopic (exact) mass is 251 g/mol. The number of pyridine rings is 1. The molecular formula is C11H13N3O2S. The van der Waals surface area contributed by atoms with Gasteiger partial charge in [-0.05, 0) is 25.0 Å². The van der Waals surface area contributed by atoms with E-state index < -0.39 is 10.0 Å². The van der Waals surface area contributed by atoms with Gasteiger partial charge in [-0.1, -0.05) is 0 Å². The third-order valence-electron chi connectivity index (χ3n) is 2.64. The Balaban J connectivity index is 2.26. The summed E-state index contributed by atoms with van der Waals surface area (Å²) in [5.41, 5.74) is 0. The largest absolute Gasteiger partial charge is 0.263 e. The van der Waals surface area contributed by atoms with E-state index in [1.807, 2.05) is 6.07 Å². The Bertz CT molecular complexity index is 517. The summed E-state index contributed by atoms with van der Waals surface area (Å²) in [6.07, 6.45) is 4.86. The molecule has 1 aromatic heterocycles. The van der Waals surface area contributed by atoms with E-state index >= 15 is 0 Å². The van der Waals surface area contributed by atoms with Crippen molar-refractivity contribution in [3.05, 3.63) is 24.5 Å². The van der Waals surface area contributed by atoms with Crippen molar-refractivity contribution >= 4 is 10.0 Å². The predicted octanol–water partition coefficient (Wildman–Crippen LogP) is 1.15. The second kappa shape index (κ2) is 4.82. The van der Waals surface area contributed by atoms with E-state index in [0.717, 1.165) is 12.8 Å². The lowest BCUT2D eigenvalue weighted by molar-refractivity contribution is 0.410. The zero-order valence-electron chi connectivity index (χ0n) is 9.28. The minimum absolute atomic E-state index is 0.0635. The molecule has 1 aliphatic rings. The maximum atomic E-state index is 12.3. The van der Waals surface area contributed by atoms with Crippen molar-refractivity contribution in [2.24, 2.45) is 0 Å². The van der Waals surface area contributed by atoms with Crippen LogP contribution in [0.25, 0.3) is 0 Å². The molecule has 0 aliphatic heterocycles. The van der Waals surface area contributed by atoms with Crippen molar-refractivity contribution in [1.29, 1.82) is 5.26 Å². The number of sulfonamides is 1. The summed E-state index contributed by atoms with van der Waals surface area (Å²) in [6, 6.07) is 5.18. The van der Waals surface area contributed by atoms with Crippen molar-refractivity contribution in [2.75, 3.05) is 6.54 Å². The van der Waals surface area contributed by atoms with Crippen LogP contribution in [-0.2, 0) is 10.0 Å². The maximum Gasteiger partial charge on any atom is 0.244 e. The number of aromatic nitrogens is 1. The highest BCUT2D eigenvalue weighted by Crippen LogP contribution is 2.31. The van der Waals surface area contributed by atoms with Crippen LogP contribution in [-0.4, -0.2) is 30.3 Å². The molecule has 0 radical (unpaired) electrons. The molecule has 6 heteroatoms. The summed E-state index contributed by atoms with van der Waals surface area (Å²) in [7, 11) is -3.49. The van der Waals surface area contributed by atoms with Gasteiger partial charge in [0.2, 0.25) is 10.0 Å². The highest BCUT2D eigenvalue weighted by Gasteiger charge is 2.37. The van der Waals surface area contributed by atoms with Gasteiger partial charge < -0.3 is 0 Å². The average molecular weight is 251 g/mol. The van der Waals surface area contributed by atoms with Crippen molar-refractivity contribution in [3.8, 4) is 6.07 Å². The van der Waals surface area contributed by atoms with Crippen LogP contribution in [0.4, 0.5) is 0 Å². The molecule has 1 aliphatic carbocycles. The molecule has 0 amide bonds. The van der Waals surface area contributed by atoms with E-state index in [-0.39, 0.29) is 23.9 Å². The summed E-state index contributed by atoms with van der Waals surface area (Å²) >= 11 is 0. The Morgan fingerprint density at radius 2 is 2.29 bits per heavy atom. The van der Waals surface area contributed by atoms with Gasteiger partial charge in [-0.25, -0.2) is 8.42 Å². The normalized spacial score (nSPS) is 15.8. The molecule has 1 fully saturated rings. The SMILES string of the molecule is N#CCCN(C1CC1)S(=O)(=O)c1cccnc1. The molecule has 0 spiro atoms. The van der Waals surface area contributed by atoms with Crippen LogP contribution in [0.3, 0.4) is 0 Å². The zero-order chi connectivity index (χ0) is 12.3. The molecular weight excluding hydrogens is 238 g/mol. The molecule has 2 rings (SSSR count). The van der Waals surface area contributed by atoms with E-state index in [4.69, 9.17) is 5.26 Å². The fourth-order valence-electron chi connectivity index (χ4n) is 1.66. The molecule has 90 valence electrons. The lowest BCUT2D eigenvalue weighted by Crippen LogP contribution is -2.34. The molecule has 0 aromatic carbocycles. The fraction of sp³-hybridized carbons (Fsp3) is 0.455. The van der Waals surface area contributed by atoms with Gasteiger partial charge in [0.15, 0.2) is 0 Å². The highest BCUT2D eigenvalue weighted by molar-refractivity contribution is 7.89. The van der Waals surface area contributed by atoms with Crippen LogP contribution in [0.1, 0.15) is 19.3 Å². The number of hydrogen-bond acceptors (Lipinski definition) is 4. The minimum atomic E-state index is -3.49. The van der Waals surface area contributed by atoms with Gasteiger partial charge in [0.1, 0.15) is 4.90 Å². The van der Waals surface area contributed by atoms with E-state index in [9.17, 15) is 8.42 Å². The molecule has 0 bridgehead atoms. The second-order valence-corrected chi connectivity index (χ2v) is 5.83. The predicted molar refractivity (Wildman–Crippen MR) is 61.4 cm³/mol. The molecule has 0 unspecified atom stereocenters. The van der Waals surface area contributed by atoms with E-state index in [1.165, 1.54) is 22.8 Å². The third-order valence-corrected chi connectivity index (χ3v) is 4.57. The first-order valence-corrected chi connectivity index (χ1v) is 6.89. The van der Waals surface area contributed by atoms with Crippen LogP contribution in [0.15, 0.2) is 29.4 Å². The summed E-state index contributed by atoms with van der Waals surface area (Å²) in [6.45, 7) is 0.262. The number of rotatable bonds is 5. The Kier molecular flexibility index (Phi) is 3.41. The van der Waals surface area contributed by atoms with Gasteiger partial charge in [0.25, 0.3) is 0 Å². The fourth-order valence-corrected chi connectivity index (χ4v) is 3.31. The van der Waals surface area contributed by atoms with E-state index in [0.29, 0.717) is 0 Å². The number of nitriles is 1. The standard InChI is InChI=1S/C11H13N3O2S/c12-6-2-8-14(10-4-5-10)17(15,16)11-3-1-7-13-9-11/h1,3,7,9-10H,2,4-5,8H2. The van der Waals surface area contributed by atoms with E-state index in [2.05, 4.69) is 4.98 Å². The second-order valence-electron chi connectivity index (χ2n) is 3.94. The lowest BCUT2D eigenvalue weighted by atomic mass is 10.4. The molecule has 1 aromatic rings. The van der Waals surface area contributed by atoms with Gasteiger partial charge >= 0.3 is 0 Å². The summed E-state index contributed by atoms with van der Waals surface area (Å²) in [5.74, 6) is 0. The third kappa shape index (κ3) is 2.62. The Morgan fingerprint density at radius 1 is 1.53 bits per heavy atom. The Morgan fingerprint density at radius 3 is 2.82 bits per heavy atom. The maximum absolute atomic E-state index is 12.3. The minimum Gasteiger partial charge on any atom is -0.263 e. The first-order valence-electron chi connectivity index (χ1n) is 5.45. The summed E-state index contributed by atoms with van der Waals surface area (Å²) in [5, 5.41) is 8.57. The van der Waals surface area contributed by atoms with Crippen LogP contribution < -0.4 is 0 Å². The van der Waals surface area contributed by atoms with Crippen LogP contribution >= 0.6 is 0 Å². The van der Waals surface area contributed by atoms with Crippen molar-refractivity contribution in [3.63, 3.8) is 0 Å². The smallest absolute Gasteiger partial charge is 0.244 e. The zero-order valence-corrected chi connectivity index (χ0v) is 10.1. The lowest BCUT2D eigenvalue weighted by Gasteiger charge is -2.20. The molecule has 0 N–H and O–H groups in total. The Hall–Kier alpha value is -1.45. The topological polar surface area (TPSA) is 74.1 Å².